The van der Waals surface area contributed by atoms with Crippen LogP contribution in [0.3, 0.4) is 0 Å². The SMILES string of the molecule is CC(C)n1nccc1-c1nccnc1C[C@@H]1CCN(S(C)(=O)=O)C1. The summed E-state index contributed by atoms with van der Waals surface area (Å²) in [4.78, 5) is 9.03. The van der Waals surface area contributed by atoms with E-state index in [1.807, 2.05) is 10.7 Å². The van der Waals surface area contributed by atoms with E-state index in [1.54, 1.807) is 22.9 Å². The molecule has 8 heteroatoms. The van der Waals surface area contributed by atoms with Crippen molar-refractivity contribution in [3.63, 3.8) is 0 Å². The zero-order valence-corrected chi connectivity index (χ0v) is 15.1. The molecule has 1 aliphatic heterocycles. The number of hydrogen-bond acceptors (Lipinski definition) is 5. The fraction of sp³-hybridized carbons (Fsp3) is 0.562. The molecule has 0 amide bonds. The molecule has 130 valence electrons. The minimum Gasteiger partial charge on any atom is -0.261 e. The largest absolute Gasteiger partial charge is 0.261 e. The third-order valence-electron chi connectivity index (χ3n) is 4.38. The molecule has 2 aromatic heterocycles. The summed E-state index contributed by atoms with van der Waals surface area (Å²) < 4.78 is 26.9. The van der Waals surface area contributed by atoms with Crippen LogP contribution in [-0.4, -0.2) is 51.8 Å². The van der Waals surface area contributed by atoms with Crippen molar-refractivity contribution in [2.24, 2.45) is 5.92 Å². The van der Waals surface area contributed by atoms with Crippen LogP contribution in [0.25, 0.3) is 11.4 Å². The smallest absolute Gasteiger partial charge is 0.211 e. The maximum atomic E-state index is 11.7. The van der Waals surface area contributed by atoms with Gasteiger partial charge in [-0.2, -0.15) is 5.10 Å². The Kier molecular flexibility index (Phi) is 4.69. The van der Waals surface area contributed by atoms with Crippen molar-refractivity contribution >= 4 is 10.0 Å². The first-order valence-corrected chi connectivity index (χ1v) is 10.00. The third kappa shape index (κ3) is 3.49. The lowest BCUT2D eigenvalue weighted by molar-refractivity contribution is 0.459. The summed E-state index contributed by atoms with van der Waals surface area (Å²) in [6.07, 6.45) is 8.00. The monoisotopic (exact) mass is 349 g/mol. The molecule has 1 atom stereocenters. The predicted octanol–water partition coefficient (Wildman–Crippen LogP) is 1.74. The van der Waals surface area contributed by atoms with Crippen LogP contribution in [0.5, 0.6) is 0 Å². The van der Waals surface area contributed by atoms with Gasteiger partial charge in [-0.25, -0.2) is 12.7 Å². The Balaban J connectivity index is 1.85. The van der Waals surface area contributed by atoms with Gasteiger partial charge in [0.05, 0.1) is 17.6 Å². The number of hydrogen-bond donors (Lipinski definition) is 0. The quantitative estimate of drug-likeness (QED) is 0.821. The molecule has 0 N–H and O–H groups in total. The highest BCUT2D eigenvalue weighted by Crippen LogP contribution is 2.27. The summed E-state index contributed by atoms with van der Waals surface area (Å²) in [5.41, 5.74) is 2.69. The van der Waals surface area contributed by atoms with Crippen molar-refractivity contribution in [1.82, 2.24) is 24.1 Å². The molecule has 1 fully saturated rings. The van der Waals surface area contributed by atoms with Gasteiger partial charge in [-0.3, -0.25) is 14.6 Å². The lowest BCUT2D eigenvalue weighted by atomic mass is 10.0. The Bertz CT molecular complexity index is 815. The Morgan fingerprint density at radius 3 is 2.67 bits per heavy atom. The van der Waals surface area contributed by atoms with Crippen molar-refractivity contribution in [3.05, 3.63) is 30.4 Å². The van der Waals surface area contributed by atoms with Crippen molar-refractivity contribution in [3.8, 4) is 11.4 Å². The van der Waals surface area contributed by atoms with Crippen molar-refractivity contribution in [1.29, 1.82) is 0 Å². The van der Waals surface area contributed by atoms with E-state index in [1.165, 1.54) is 6.26 Å². The maximum absolute atomic E-state index is 11.7. The Morgan fingerprint density at radius 1 is 1.25 bits per heavy atom. The molecular formula is C16H23N5O2S. The van der Waals surface area contributed by atoms with Crippen LogP contribution in [0.2, 0.25) is 0 Å². The molecule has 3 heterocycles. The summed E-state index contributed by atoms with van der Waals surface area (Å²) in [7, 11) is -3.12. The third-order valence-corrected chi connectivity index (χ3v) is 5.65. The minimum atomic E-state index is -3.12. The minimum absolute atomic E-state index is 0.233. The van der Waals surface area contributed by atoms with Gasteiger partial charge in [0.25, 0.3) is 0 Å². The Hall–Kier alpha value is -1.80. The van der Waals surface area contributed by atoms with Crippen LogP contribution in [0.1, 0.15) is 32.0 Å². The van der Waals surface area contributed by atoms with Crippen molar-refractivity contribution in [2.75, 3.05) is 19.3 Å². The molecule has 24 heavy (non-hydrogen) atoms. The second-order valence-corrected chi connectivity index (χ2v) is 8.57. The molecule has 0 unspecified atom stereocenters. The van der Waals surface area contributed by atoms with Crippen molar-refractivity contribution in [2.45, 2.75) is 32.7 Å². The second kappa shape index (κ2) is 6.60. The fourth-order valence-corrected chi connectivity index (χ4v) is 4.10. The van der Waals surface area contributed by atoms with Crippen LogP contribution in [0.15, 0.2) is 24.7 Å². The van der Waals surface area contributed by atoms with Gasteiger partial charge in [-0.15, -0.1) is 0 Å². The molecule has 0 bridgehead atoms. The lowest BCUT2D eigenvalue weighted by Crippen LogP contribution is -2.27. The highest BCUT2D eigenvalue weighted by Gasteiger charge is 2.29. The zero-order chi connectivity index (χ0) is 17.3. The van der Waals surface area contributed by atoms with Crippen molar-refractivity contribution < 1.29 is 8.42 Å². The first-order chi connectivity index (χ1) is 11.4. The summed E-state index contributed by atoms with van der Waals surface area (Å²) in [6.45, 7) is 5.29. The number of nitrogens with zero attached hydrogens (tertiary/aromatic N) is 5. The summed E-state index contributed by atoms with van der Waals surface area (Å²) in [5.74, 6) is 0.269. The van der Waals surface area contributed by atoms with Gasteiger partial charge in [0.15, 0.2) is 0 Å². The van der Waals surface area contributed by atoms with Gasteiger partial charge in [-0.05, 0) is 38.7 Å². The topological polar surface area (TPSA) is 81.0 Å². The molecule has 0 saturated carbocycles. The number of rotatable bonds is 5. The van der Waals surface area contributed by atoms with E-state index < -0.39 is 10.0 Å². The van der Waals surface area contributed by atoms with Gasteiger partial charge in [0.2, 0.25) is 10.0 Å². The fourth-order valence-electron chi connectivity index (χ4n) is 3.18. The van der Waals surface area contributed by atoms with Gasteiger partial charge in [-0.1, -0.05) is 0 Å². The lowest BCUT2D eigenvalue weighted by Gasteiger charge is -2.15. The van der Waals surface area contributed by atoms with Gasteiger partial charge in [0, 0.05) is 37.7 Å². The maximum Gasteiger partial charge on any atom is 0.211 e. The molecule has 7 nitrogen and oxygen atoms in total. The van der Waals surface area contributed by atoms with E-state index in [9.17, 15) is 8.42 Å². The molecule has 0 aliphatic carbocycles. The molecule has 1 aliphatic rings. The molecule has 0 radical (unpaired) electrons. The standard InChI is InChI=1S/C16H23N5O2S/c1-12(2)21-15(4-6-19-21)16-14(17-7-8-18-16)10-13-5-9-20(11-13)24(3,22)23/h4,6-8,12-13H,5,9-11H2,1-3H3/t13-/m0/s1. The average Bonchev–Trinajstić information content (AvgIpc) is 3.16. The van der Waals surface area contributed by atoms with E-state index in [0.717, 1.165) is 29.9 Å². The van der Waals surface area contributed by atoms with E-state index in [2.05, 4.69) is 28.9 Å². The molecule has 0 aromatic carbocycles. The van der Waals surface area contributed by atoms with Gasteiger partial charge in [0.1, 0.15) is 5.69 Å². The van der Waals surface area contributed by atoms with E-state index >= 15 is 0 Å². The normalized spacial score (nSPS) is 19.2. The molecular weight excluding hydrogens is 326 g/mol. The molecule has 0 spiro atoms. The Labute approximate surface area is 142 Å². The first-order valence-electron chi connectivity index (χ1n) is 8.15. The predicted molar refractivity (Wildman–Crippen MR) is 91.9 cm³/mol. The Morgan fingerprint density at radius 2 is 2.00 bits per heavy atom. The zero-order valence-electron chi connectivity index (χ0n) is 14.3. The summed E-state index contributed by atoms with van der Waals surface area (Å²) in [5, 5.41) is 4.37. The van der Waals surface area contributed by atoms with Gasteiger partial charge < -0.3 is 0 Å². The highest BCUT2D eigenvalue weighted by molar-refractivity contribution is 7.88. The highest BCUT2D eigenvalue weighted by atomic mass is 32.2. The van der Waals surface area contributed by atoms with E-state index in [4.69, 9.17) is 0 Å². The number of aromatic nitrogens is 4. The molecule has 2 aromatic rings. The molecule has 1 saturated heterocycles. The summed E-state index contributed by atoms with van der Waals surface area (Å²) >= 11 is 0. The van der Waals surface area contributed by atoms with Crippen LogP contribution in [0.4, 0.5) is 0 Å². The van der Waals surface area contributed by atoms with Crippen LogP contribution in [-0.2, 0) is 16.4 Å². The van der Waals surface area contributed by atoms with Gasteiger partial charge >= 0.3 is 0 Å². The van der Waals surface area contributed by atoms with Crippen LogP contribution in [0, 0.1) is 5.92 Å². The van der Waals surface area contributed by atoms with Crippen LogP contribution < -0.4 is 0 Å². The first kappa shape index (κ1) is 17.0. The second-order valence-electron chi connectivity index (χ2n) is 6.59. The van der Waals surface area contributed by atoms with E-state index in [0.29, 0.717) is 13.1 Å². The molecule has 3 rings (SSSR count). The van der Waals surface area contributed by atoms with Crippen LogP contribution >= 0.6 is 0 Å². The summed E-state index contributed by atoms with van der Waals surface area (Å²) in [6, 6.07) is 2.18. The van der Waals surface area contributed by atoms with E-state index in [-0.39, 0.29) is 12.0 Å². The average molecular weight is 349 g/mol. The number of sulfonamides is 1.